The molecule has 0 aliphatic heterocycles. The zero-order chi connectivity index (χ0) is 15.6. The Kier molecular flexibility index (Phi) is 9.53. The first-order valence-corrected chi connectivity index (χ1v) is 8.99. The van der Waals surface area contributed by atoms with Crippen molar-refractivity contribution in [2.75, 3.05) is 0 Å². The van der Waals surface area contributed by atoms with E-state index >= 15 is 0 Å². The van der Waals surface area contributed by atoms with Gasteiger partial charge in [-0.2, -0.15) is 0 Å². The molecule has 0 heterocycles. The van der Waals surface area contributed by atoms with Crippen LogP contribution in [0, 0.1) is 0 Å². The van der Waals surface area contributed by atoms with E-state index in [9.17, 15) is 0 Å². The molecule has 0 N–H and O–H groups in total. The zero-order valence-corrected chi connectivity index (χ0v) is 15.7. The molecule has 23 heavy (non-hydrogen) atoms. The van der Waals surface area contributed by atoms with E-state index in [1.54, 1.807) is 17.9 Å². The normalized spacial score (nSPS) is 9.13. The van der Waals surface area contributed by atoms with E-state index in [0.29, 0.717) is 0 Å². The van der Waals surface area contributed by atoms with Gasteiger partial charge in [0.25, 0.3) is 0 Å². The van der Waals surface area contributed by atoms with Gasteiger partial charge in [-0.1, -0.05) is 91.0 Å². The third-order valence-corrected chi connectivity index (χ3v) is 5.49. The van der Waals surface area contributed by atoms with Crippen LogP contribution >= 0.6 is 20.3 Å². The molecular weight excluding hydrogens is 412 g/mol. The predicted octanol–water partition coefficient (Wildman–Crippen LogP) is 3.47. The summed E-state index contributed by atoms with van der Waals surface area (Å²) in [6.45, 7) is 0. The van der Waals surface area contributed by atoms with Crippen LogP contribution in [0.4, 0.5) is 0 Å². The molecule has 0 atom stereocenters. The van der Waals surface area contributed by atoms with Crippen molar-refractivity contribution in [3.05, 3.63) is 91.0 Å². The number of rotatable bonds is 3. The van der Waals surface area contributed by atoms with Crippen molar-refractivity contribution >= 4 is 40.7 Å². The van der Waals surface area contributed by atoms with Crippen LogP contribution in [0.2, 0.25) is 0 Å². The molecule has 1 nitrogen and oxygen atoms in total. The van der Waals surface area contributed by atoms with Gasteiger partial charge in [-0.15, -0.1) is 12.4 Å². The second kappa shape index (κ2) is 11.2. The third kappa shape index (κ3) is 5.94. The zero-order valence-electron chi connectivity index (χ0n) is 12.3. The van der Waals surface area contributed by atoms with E-state index in [1.807, 2.05) is 0 Å². The molecule has 0 unspecified atom stereocenters. The molecule has 0 aliphatic carbocycles. The fraction of sp³-hybridized carbons (Fsp3) is 0. The number of hydrogen-bond acceptors (Lipinski definition) is 1. The van der Waals surface area contributed by atoms with Crippen molar-refractivity contribution in [1.29, 1.82) is 0 Å². The summed E-state index contributed by atoms with van der Waals surface area (Å²) >= 11 is 1.70. The molecule has 0 bridgehead atoms. The van der Waals surface area contributed by atoms with Crippen LogP contribution in [0.3, 0.4) is 0 Å². The van der Waals surface area contributed by atoms with Gasteiger partial charge < -0.3 is 0 Å². The average molecular weight is 428 g/mol. The predicted molar refractivity (Wildman–Crippen MR) is 98.1 cm³/mol. The number of halogens is 1. The third-order valence-electron chi connectivity index (χ3n) is 3.04. The molecule has 0 aliphatic rings. The number of hydrogen-bond donors (Lipinski definition) is 0. The van der Waals surface area contributed by atoms with Gasteiger partial charge >= 0.3 is 27.1 Å². The quantitative estimate of drug-likeness (QED) is 0.462. The maximum atomic E-state index is 8.65. The Balaban J connectivity index is 0.000000615. The molecule has 0 saturated carbocycles. The molecule has 0 fully saturated rings. The smallest absolute Gasteiger partial charge is 0.0134 e. The molecule has 0 aromatic heterocycles. The van der Waals surface area contributed by atoms with E-state index in [0.717, 1.165) is 0 Å². The van der Waals surface area contributed by atoms with Crippen molar-refractivity contribution < 1.29 is 22.6 Å². The van der Waals surface area contributed by atoms with Crippen molar-refractivity contribution in [2.24, 2.45) is 0 Å². The van der Waals surface area contributed by atoms with Crippen LogP contribution in [0.25, 0.3) is 0 Å². The van der Waals surface area contributed by atoms with Gasteiger partial charge in [-0.25, -0.2) is 0 Å². The summed E-state index contributed by atoms with van der Waals surface area (Å²) in [4.78, 5) is 8.65. The Morgan fingerprint density at radius 3 is 1.04 bits per heavy atom. The van der Waals surface area contributed by atoms with Crippen LogP contribution in [-0.2, 0) is 22.6 Å². The van der Waals surface area contributed by atoms with E-state index < -0.39 is 7.92 Å². The first-order valence-electron chi connectivity index (χ1n) is 6.78. The van der Waals surface area contributed by atoms with Gasteiger partial charge in [0.15, 0.2) is 0 Å². The van der Waals surface area contributed by atoms with Crippen molar-refractivity contribution in [3.63, 3.8) is 0 Å². The van der Waals surface area contributed by atoms with Crippen molar-refractivity contribution in [3.8, 4) is 0 Å². The van der Waals surface area contributed by atoms with E-state index in [1.165, 1.54) is 20.4 Å². The van der Waals surface area contributed by atoms with Gasteiger partial charge in [0.05, 0.1) is 0 Å². The minimum Gasteiger partial charge on any atom is -0.0622 e. The minimum atomic E-state index is -0.446. The molecule has 0 spiro atoms. The number of carbonyl (C=O) groups excluding carboxylic acids is 1. The van der Waals surface area contributed by atoms with Crippen LogP contribution in [0.15, 0.2) is 91.0 Å². The Bertz CT molecular complexity index is 620. The molecular formula is C19H16ClOPRu. The topological polar surface area (TPSA) is 17.1 Å². The Labute approximate surface area is 154 Å². The first-order chi connectivity index (χ1) is 10.9. The number of benzene rings is 3. The fourth-order valence-corrected chi connectivity index (χ4v) is 4.48. The second-order valence-electron chi connectivity index (χ2n) is 4.41. The molecule has 0 radical (unpaired) electrons. The molecule has 3 aromatic carbocycles. The SMILES string of the molecule is Cl.O=[C]=[Ru].c1ccc(P(c2ccccc2)c2ccccc2)cc1. The van der Waals surface area contributed by atoms with Crippen molar-refractivity contribution in [2.45, 2.75) is 0 Å². The van der Waals surface area contributed by atoms with Crippen LogP contribution < -0.4 is 15.9 Å². The molecule has 3 rings (SSSR count). The summed E-state index contributed by atoms with van der Waals surface area (Å²) in [6, 6.07) is 32.3. The molecule has 3 aromatic rings. The Morgan fingerprint density at radius 1 is 0.609 bits per heavy atom. The van der Waals surface area contributed by atoms with E-state index in [4.69, 9.17) is 4.79 Å². The minimum absolute atomic E-state index is 0. The van der Waals surface area contributed by atoms with Gasteiger partial charge in [0, 0.05) is 0 Å². The van der Waals surface area contributed by atoms with E-state index in [2.05, 4.69) is 91.0 Å². The van der Waals surface area contributed by atoms with Crippen LogP contribution in [-0.4, -0.2) is 4.47 Å². The van der Waals surface area contributed by atoms with Crippen molar-refractivity contribution in [1.82, 2.24) is 0 Å². The first kappa shape index (κ1) is 19.6. The Morgan fingerprint density at radius 2 is 0.826 bits per heavy atom. The van der Waals surface area contributed by atoms with Crippen LogP contribution in [0.5, 0.6) is 0 Å². The Hall–Kier alpha value is -1.42. The largest absolute Gasteiger partial charge is 0.0622 e. The molecule has 4 heteroatoms. The average Bonchev–Trinajstić information content (AvgIpc) is 2.59. The van der Waals surface area contributed by atoms with Gasteiger partial charge in [0.1, 0.15) is 0 Å². The summed E-state index contributed by atoms with van der Waals surface area (Å²) < 4.78 is 1.43. The summed E-state index contributed by atoms with van der Waals surface area (Å²) in [5.41, 5.74) is 0. The van der Waals surface area contributed by atoms with Gasteiger partial charge in [-0.3, -0.25) is 0 Å². The van der Waals surface area contributed by atoms with E-state index in [-0.39, 0.29) is 12.4 Å². The fourth-order valence-electron chi connectivity index (χ4n) is 2.18. The summed E-state index contributed by atoms with van der Waals surface area (Å²) in [6.07, 6.45) is 0. The second-order valence-corrected chi connectivity index (χ2v) is 6.99. The summed E-state index contributed by atoms with van der Waals surface area (Å²) in [5, 5.41) is 4.19. The molecule has 118 valence electrons. The standard InChI is InChI=1S/C18H15P.CO.ClH.Ru/c1-4-10-16(11-5-1)19(17-12-6-2-7-13-17)18-14-8-3-9-15-18;1-2;;/h1-15H;;1H;. The maximum Gasteiger partial charge on any atom is -0.0134 e. The maximum absolute atomic E-state index is 8.65. The van der Waals surface area contributed by atoms with Gasteiger partial charge in [-0.05, 0) is 23.8 Å². The summed E-state index contributed by atoms with van der Waals surface area (Å²) in [7, 11) is -0.446. The molecule has 0 saturated heterocycles. The van der Waals surface area contributed by atoms with Gasteiger partial charge in [0.2, 0.25) is 0 Å². The molecule has 0 amide bonds. The monoisotopic (exact) mass is 428 g/mol. The van der Waals surface area contributed by atoms with Crippen LogP contribution in [0.1, 0.15) is 0 Å². The summed E-state index contributed by atoms with van der Waals surface area (Å²) in [5.74, 6) is 0.